The molecule has 6 heteroatoms. The molecule has 0 aromatic heterocycles. The minimum atomic E-state index is -2.75. The summed E-state index contributed by atoms with van der Waals surface area (Å²) in [5.74, 6) is -2.63. The molecule has 0 bridgehead atoms. The van der Waals surface area contributed by atoms with Crippen LogP contribution in [0.2, 0.25) is 0 Å². The molecule has 1 aliphatic rings. The second kappa shape index (κ2) is 7.52. The maximum atomic E-state index is 12.7. The van der Waals surface area contributed by atoms with Crippen molar-refractivity contribution >= 4 is 11.9 Å². The summed E-state index contributed by atoms with van der Waals surface area (Å²) in [5, 5.41) is 0. The van der Waals surface area contributed by atoms with Crippen molar-refractivity contribution in [3.63, 3.8) is 0 Å². The van der Waals surface area contributed by atoms with E-state index in [-0.39, 0.29) is 18.7 Å². The Morgan fingerprint density at radius 3 is 1.95 bits per heavy atom. The number of hydrogen-bond donors (Lipinski definition) is 0. The van der Waals surface area contributed by atoms with Gasteiger partial charge >= 0.3 is 6.09 Å². The predicted molar refractivity (Wildman–Crippen MR) is 77.5 cm³/mol. The summed E-state index contributed by atoms with van der Waals surface area (Å²) < 4.78 is 30.4. The molecule has 0 atom stereocenters. The fourth-order valence-corrected chi connectivity index (χ4v) is 1.62. The highest BCUT2D eigenvalue weighted by atomic mass is 19.3. The third-order valence-corrected chi connectivity index (χ3v) is 2.31. The molecule has 1 fully saturated rings. The van der Waals surface area contributed by atoms with Gasteiger partial charge in [-0.05, 0) is 47.6 Å². The molecule has 0 saturated carbocycles. The second-order valence-electron chi connectivity index (χ2n) is 6.34. The molecule has 122 valence electrons. The third kappa shape index (κ3) is 9.98. The zero-order valence-electron chi connectivity index (χ0n) is 13.6. The van der Waals surface area contributed by atoms with Crippen LogP contribution in [-0.2, 0) is 9.53 Å². The van der Waals surface area contributed by atoms with Gasteiger partial charge in [0.2, 0.25) is 0 Å². The van der Waals surface area contributed by atoms with Crippen LogP contribution >= 0.6 is 0 Å². The van der Waals surface area contributed by atoms with Crippen molar-refractivity contribution in [2.45, 2.75) is 59.5 Å². The van der Waals surface area contributed by atoms with Crippen LogP contribution in [0.4, 0.5) is 13.6 Å². The van der Waals surface area contributed by atoms with E-state index < -0.39 is 24.2 Å². The quantitative estimate of drug-likeness (QED) is 0.692. The van der Waals surface area contributed by atoms with E-state index in [0.29, 0.717) is 0 Å². The van der Waals surface area contributed by atoms with Crippen LogP contribution in [0.25, 0.3) is 0 Å². The van der Waals surface area contributed by atoms with Crippen molar-refractivity contribution < 1.29 is 23.1 Å². The molecule has 4 nitrogen and oxygen atoms in total. The van der Waals surface area contributed by atoms with Gasteiger partial charge in [0.25, 0.3) is 5.92 Å². The number of nitrogens with zero attached hydrogens (tertiary/aromatic N) is 1. The van der Waals surface area contributed by atoms with Gasteiger partial charge in [-0.15, -0.1) is 0 Å². The molecular weight excluding hydrogens is 280 g/mol. The highest BCUT2D eigenvalue weighted by molar-refractivity contribution is 5.87. The number of carbonyl (C=O) groups excluding carboxylic acids is 2. The van der Waals surface area contributed by atoms with Crippen LogP contribution in [0.3, 0.4) is 0 Å². The number of hydrogen-bond acceptors (Lipinski definition) is 3. The van der Waals surface area contributed by atoms with E-state index in [0.717, 1.165) is 10.5 Å². The van der Waals surface area contributed by atoms with Gasteiger partial charge in [0.1, 0.15) is 5.60 Å². The molecule has 0 aromatic carbocycles. The van der Waals surface area contributed by atoms with E-state index in [2.05, 4.69) is 0 Å². The molecule has 1 aliphatic heterocycles. The number of amides is 1. The molecule has 1 heterocycles. The lowest BCUT2D eigenvalue weighted by Crippen LogP contribution is -2.36. The van der Waals surface area contributed by atoms with E-state index >= 15 is 0 Å². The molecule has 0 unspecified atom stereocenters. The lowest BCUT2D eigenvalue weighted by Gasteiger charge is -2.24. The van der Waals surface area contributed by atoms with Gasteiger partial charge in [0.05, 0.1) is 6.54 Å². The number of ketones is 1. The Bertz CT molecular complexity index is 408. The van der Waals surface area contributed by atoms with Crippen LogP contribution in [0, 0.1) is 0 Å². The van der Waals surface area contributed by atoms with Gasteiger partial charge < -0.3 is 9.64 Å². The summed E-state index contributed by atoms with van der Waals surface area (Å²) in [6.07, 6.45) is 0.682. The maximum Gasteiger partial charge on any atom is 0.410 e. The van der Waals surface area contributed by atoms with Crippen LogP contribution in [0.1, 0.15) is 48.0 Å². The van der Waals surface area contributed by atoms with Gasteiger partial charge in [-0.25, -0.2) is 13.6 Å². The monoisotopic (exact) mass is 305 g/mol. The van der Waals surface area contributed by atoms with E-state index in [9.17, 15) is 18.4 Å². The normalized spacial score (nSPS) is 16.7. The molecule has 21 heavy (non-hydrogen) atoms. The molecule has 0 aromatic rings. The van der Waals surface area contributed by atoms with Crippen LogP contribution < -0.4 is 0 Å². The highest BCUT2D eigenvalue weighted by Gasteiger charge is 2.41. The maximum absolute atomic E-state index is 12.7. The lowest BCUT2D eigenvalue weighted by molar-refractivity contribution is -0.112. The van der Waals surface area contributed by atoms with Crippen molar-refractivity contribution in [1.29, 1.82) is 0 Å². The molecule has 0 N–H and O–H groups in total. The Morgan fingerprint density at radius 2 is 1.71 bits per heavy atom. The average molecular weight is 305 g/mol. The van der Waals surface area contributed by atoms with Crippen LogP contribution in [0.15, 0.2) is 11.6 Å². The average Bonchev–Trinajstić information content (AvgIpc) is 2.55. The summed E-state index contributed by atoms with van der Waals surface area (Å²) in [5.41, 5.74) is 0.432. The Morgan fingerprint density at radius 1 is 1.19 bits per heavy atom. The van der Waals surface area contributed by atoms with Crippen molar-refractivity contribution in [3.8, 4) is 0 Å². The number of likely N-dealkylation sites (tertiary alicyclic amines) is 1. The standard InChI is InChI=1S/C9H15F2NO2.C6H10O/c1-8(2,3)14-7(13)12-5-4-9(10,11)6-12;1-5(2)4-6(3)7/h4-6H2,1-3H3;4H,1-3H3. The van der Waals surface area contributed by atoms with Gasteiger partial charge in [-0.3, -0.25) is 4.79 Å². The van der Waals surface area contributed by atoms with Gasteiger partial charge in [-0.2, -0.15) is 0 Å². The highest BCUT2D eigenvalue weighted by Crippen LogP contribution is 2.27. The SMILES string of the molecule is CC(=O)C=C(C)C.CC(C)(C)OC(=O)N1CCC(F)(F)C1. The first-order chi connectivity index (χ1) is 9.32. The largest absolute Gasteiger partial charge is 0.444 e. The van der Waals surface area contributed by atoms with Crippen molar-refractivity contribution in [3.05, 3.63) is 11.6 Å². The smallest absolute Gasteiger partial charge is 0.410 e. The van der Waals surface area contributed by atoms with Gasteiger partial charge in [-0.1, -0.05) is 5.57 Å². The van der Waals surface area contributed by atoms with E-state index in [1.54, 1.807) is 33.8 Å². The Kier molecular flexibility index (Phi) is 7.00. The summed E-state index contributed by atoms with van der Waals surface area (Å²) >= 11 is 0. The lowest BCUT2D eigenvalue weighted by atomic mass is 10.2. The van der Waals surface area contributed by atoms with Crippen molar-refractivity contribution in [1.82, 2.24) is 4.90 Å². The number of halogens is 2. The van der Waals surface area contributed by atoms with Crippen LogP contribution in [-0.4, -0.2) is 41.4 Å². The Labute approximate surface area is 125 Å². The summed E-state index contributed by atoms with van der Waals surface area (Å²) in [6, 6.07) is 0. The minimum Gasteiger partial charge on any atom is -0.444 e. The third-order valence-electron chi connectivity index (χ3n) is 2.31. The summed E-state index contributed by atoms with van der Waals surface area (Å²) in [4.78, 5) is 22.5. The summed E-state index contributed by atoms with van der Waals surface area (Å²) in [7, 11) is 0. The zero-order chi connectivity index (χ0) is 16.8. The van der Waals surface area contributed by atoms with E-state index in [1.165, 1.54) is 0 Å². The first-order valence-corrected chi connectivity index (χ1v) is 6.83. The molecule has 0 spiro atoms. The van der Waals surface area contributed by atoms with Crippen molar-refractivity contribution in [2.24, 2.45) is 0 Å². The molecule has 0 radical (unpaired) electrons. The summed E-state index contributed by atoms with van der Waals surface area (Å²) in [6.45, 7) is 10.0. The number of alkyl halides is 2. The van der Waals surface area contributed by atoms with E-state index in [4.69, 9.17) is 4.74 Å². The van der Waals surface area contributed by atoms with Crippen LogP contribution in [0.5, 0.6) is 0 Å². The number of ether oxygens (including phenoxy) is 1. The second-order valence-corrected chi connectivity index (χ2v) is 6.34. The molecule has 1 amide bonds. The van der Waals surface area contributed by atoms with Gasteiger partial charge in [0, 0.05) is 13.0 Å². The first kappa shape index (κ1) is 19.5. The van der Waals surface area contributed by atoms with E-state index in [1.807, 2.05) is 13.8 Å². The fraction of sp³-hybridized carbons (Fsp3) is 0.733. The molecule has 1 saturated heterocycles. The number of allylic oxidation sites excluding steroid dienone is 2. The van der Waals surface area contributed by atoms with Gasteiger partial charge in [0.15, 0.2) is 5.78 Å². The first-order valence-electron chi connectivity index (χ1n) is 6.83. The Hall–Kier alpha value is -1.46. The topological polar surface area (TPSA) is 46.6 Å². The van der Waals surface area contributed by atoms with Crippen molar-refractivity contribution in [2.75, 3.05) is 13.1 Å². The number of rotatable bonds is 1. The minimum absolute atomic E-state index is 0.0713. The molecular formula is C15H25F2NO3. The fourth-order valence-electron chi connectivity index (χ4n) is 1.62. The molecule has 1 rings (SSSR count). The predicted octanol–water partition coefficient (Wildman–Crippen LogP) is 3.80. The zero-order valence-corrected chi connectivity index (χ0v) is 13.6. The molecule has 0 aliphatic carbocycles. The Balaban J connectivity index is 0.000000486. The number of carbonyl (C=O) groups is 2.